The Morgan fingerprint density at radius 3 is 1.21 bits per heavy atom. The summed E-state index contributed by atoms with van der Waals surface area (Å²) in [6.45, 7) is 0. The topological polar surface area (TPSA) is 113 Å². The molecular formula is C9H9BN6O3. The fourth-order valence-electron chi connectivity index (χ4n) is 1.86. The largest absolute Gasteiger partial charge is 0.563 e. The molecule has 0 aliphatic carbocycles. The van der Waals surface area contributed by atoms with Crippen LogP contribution in [0.15, 0.2) is 51.2 Å². The van der Waals surface area contributed by atoms with Gasteiger partial charge in [-0.2, -0.15) is 0 Å². The Kier molecular flexibility index (Phi) is 2.41. The molecule has 0 bridgehead atoms. The van der Waals surface area contributed by atoms with E-state index in [1.54, 1.807) is 0 Å². The molecule has 0 fully saturated rings. The van der Waals surface area contributed by atoms with Crippen molar-refractivity contribution in [2.75, 3.05) is 0 Å². The van der Waals surface area contributed by atoms with Gasteiger partial charge in [0.2, 0.25) is 0 Å². The fourth-order valence-corrected chi connectivity index (χ4v) is 1.86. The van der Waals surface area contributed by atoms with Crippen molar-refractivity contribution >= 4 is 7.12 Å². The Morgan fingerprint density at radius 2 is 1.00 bits per heavy atom. The molecule has 0 aromatic carbocycles. The highest BCUT2D eigenvalue weighted by Gasteiger charge is 2.25. The first-order valence-corrected chi connectivity index (χ1v) is 5.45. The van der Waals surface area contributed by atoms with Crippen LogP contribution in [0.25, 0.3) is 0 Å². The summed E-state index contributed by atoms with van der Waals surface area (Å²) < 4.78 is 4.36. The molecular weight excluding hydrogens is 251 g/mol. The van der Waals surface area contributed by atoms with Crippen molar-refractivity contribution in [1.82, 2.24) is 29.1 Å². The zero-order valence-corrected chi connectivity index (χ0v) is 9.61. The minimum Gasteiger partial charge on any atom is -0.289 e. The van der Waals surface area contributed by atoms with E-state index in [9.17, 15) is 14.4 Å². The van der Waals surface area contributed by atoms with Crippen LogP contribution < -0.4 is 16.7 Å². The lowest BCUT2D eigenvalue weighted by Gasteiger charge is -2.14. The third-order valence-corrected chi connectivity index (χ3v) is 2.62. The molecule has 10 heteroatoms. The normalized spacial score (nSPS) is 10.7. The van der Waals surface area contributed by atoms with E-state index in [1.165, 1.54) is 50.6 Å². The van der Waals surface area contributed by atoms with Gasteiger partial charge in [0.15, 0.2) is 0 Å². The van der Waals surface area contributed by atoms with E-state index in [0.29, 0.717) is 0 Å². The van der Waals surface area contributed by atoms with E-state index in [1.807, 2.05) is 0 Å². The summed E-state index contributed by atoms with van der Waals surface area (Å²) in [5.74, 6) is 0. The molecule has 0 spiro atoms. The van der Waals surface area contributed by atoms with Crippen LogP contribution in [0.4, 0.5) is 0 Å². The van der Waals surface area contributed by atoms with Crippen molar-refractivity contribution in [3.63, 3.8) is 0 Å². The monoisotopic (exact) mass is 260 g/mol. The maximum Gasteiger partial charge on any atom is 0.563 e. The number of H-pyrrole nitrogens is 3. The Bertz CT molecular complexity index is 746. The minimum atomic E-state index is -0.645. The van der Waals surface area contributed by atoms with E-state index in [4.69, 9.17) is 0 Å². The first-order valence-electron chi connectivity index (χ1n) is 5.45. The summed E-state index contributed by atoms with van der Waals surface area (Å²) in [5, 5.41) is 7.70. The molecule has 0 aliphatic rings. The number of hydrogen-bond donors (Lipinski definition) is 3. The van der Waals surface area contributed by atoms with Crippen LogP contribution in [0.1, 0.15) is 0 Å². The third-order valence-electron chi connectivity index (χ3n) is 2.62. The van der Waals surface area contributed by atoms with Crippen LogP contribution >= 0.6 is 0 Å². The first kappa shape index (κ1) is 11.2. The Hall–Kier alpha value is -2.91. The molecule has 3 rings (SSSR count). The summed E-state index contributed by atoms with van der Waals surface area (Å²) in [6, 6.07) is 4.03. The summed E-state index contributed by atoms with van der Waals surface area (Å²) in [4.78, 5) is 33.7. The van der Waals surface area contributed by atoms with Crippen LogP contribution in [0.5, 0.6) is 0 Å². The molecule has 3 heterocycles. The third kappa shape index (κ3) is 1.99. The van der Waals surface area contributed by atoms with Gasteiger partial charge in [-0.25, -0.2) is 0 Å². The SMILES string of the molecule is O=c1ccn(B(n2ccc(=O)[nH]2)n2ccc(=O)[nH]2)[nH]1. The van der Waals surface area contributed by atoms with Crippen LogP contribution in [0.2, 0.25) is 0 Å². The van der Waals surface area contributed by atoms with Crippen molar-refractivity contribution in [1.29, 1.82) is 0 Å². The number of aromatic nitrogens is 6. The molecule has 0 aliphatic heterocycles. The molecule has 0 saturated carbocycles. The highest BCUT2D eigenvalue weighted by atomic mass is 16.1. The lowest BCUT2D eigenvalue weighted by atomic mass is 9.96. The van der Waals surface area contributed by atoms with Gasteiger partial charge in [-0.3, -0.25) is 43.5 Å². The molecule has 19 heavy (non-hydrogen) atoms. The molecule has 0 unspecified atom stereocenters. The number of nitrogens with one attached hydrogen (secondary N) is 3. The van der Waals surface area contributed by atoms with Gasteiger partial charge in [-0.1, -0.05) is 0 Å². The zero-order valence-electron chi connectivity index (χ0n) is 9.61. The van der Waals surface area contributed by atoms with Gasteiger partial charge in [-0.15, -0.1) is 0 Å². The minimum absolute atomic E-state index is 0.283. The molecule has 0 atom stereocenters. The quantitative estimate of drug-likeness (QED) is 0.477. The van der Waals surface area contributed by atoms with Gasteiger partial charge in [0, 0.05) is 36.8 Å². The smallest absolute Gasteiger partial charge is 0.289 e. The predicted octanol–water partition coefficient (Wildman–Crippen LogP) is -1.91. The van der Waals surface area contributed by atoms with Crippen LogP contribution in [0, 0.1) is 0 Å². The van der Waals surface area contributed by atoms with E-state index in [2.05, 4.69) is 15.3 Å². The fraction of sp³-hybridized carbons (Fsp3) is 0. The number of rotatable bonds is 3. The molecule has 0 amide bonds. The number of aromatic amines is 3. The molecule has 96 valence electrons. The molecule has 0 radical (unpaired) electrons. The average molecular weight is 260 g/mol. The standard InChI is InChI=1S/C9H9BN6O3/c17-7-1-4-14(11-7)10(15-5-2-8(18)12-15)16-6-3-9(19)13-16/h1-6H,(H,11,17)(H,12,18)(H,13,19). The maximum atomic E-state index is 11.2. The van der Waals surface area contributed by atoms with Gasteiger partial charge in [0.05, 0.1) is 0 Å². The highest BCUT2D eigenvalue weighted by Crippen LogP contribution is 1.93. The van der Waals surface area contributed by atoms with Crippen LogP contribution in [-0.4, -0.2) is 36.2 Å². The summed E-state index contributed by atoms with van der Waals surface area (Å²) >= 11 is 0. The predicted molar refractivity (Wildman–Crippen MR) is 67.1 cm³/mol. The Morgan fingerprint density at radius 1 is 0.684 bits per heavy atom. The lowest BCUT2D eigenvalue weighted by Crippen LogP contribution is -2.44. The molecule has 3 N–H and O–H groups in total. The molecule has 3 aromatic heterocycles. The van der Waals surface area contributed by atoms with Crippen LogP contribution in [-0.2, 0) is 0 Å². The lowest BCUT2D eigenvalue weighted by molar-refractivity contribution is 0.758. The second-order valence-corrected chi connectivity index (χ2v) is 3.94. The van der Waals surface area contributed by atoms with Crippen molar-refractivity contribution in [3.8, 4) is 0 Å². The summed E-state index contributed by atoms with van der Waals surface area (Å²) in [7, 11) is -0.645. The second-order valence-electron chi connectivity index (χ2n) is 3.94. The molecule has 9 nitrogen and oxygen atoms in total. The Labute approximate surface area is 105 Å². The molecule has 3 aromatic rings. The Balaban J connectivity index is 2.18. The second kappa shape index (κ2) is 4.08. The number of nitrogens with zero attached hydrogens (tertiary/aromatic N) is 3. The average Bonchev–Trinajstić information content (AvgIpc) is 3.05. The zero-order chi connectivity index (χ0) is 13.4. The van der Waals surface area contributed by atoms with Crippen molar-refractivity contribution in [2.24, 2.45) is 0 Å². The van der Waals surface area contributed by atoms with Gasteiger partial charge >= 0.3 is 7.12 Å². The van der Waals surface area contributed by atoms with Crippen molar-refractivity contribution in [2.45, 2.75) is 0 Å². The highest BCUT2D eigenvalue weighted by molar-refractivity contribution is 6.52. The maximum absolute atomic E-state index is 11.2. The molecule has 0 saturated heterocycles. The van der Waals surface area contributed by atoms with E-state index >= 15 is 0 Å². The van der Waals surface area contributed by atoms with Gasteiger partial charge in [0.1, 0.15) is 0 Å². The van der Waals surface area contributed by atoms with Gasteiger partial charge in [-0.05, 0) is 0 Å². The van der Waals surface area contributed by atoms with Crippen molar-refractivity contribution < 1.29 is 0 Å². The van der Waals surface area contributed by atoms with E-state index in [-0.39, 0.29) is 16.7 Å². The van der Waals surface area contributed by atoms with E-state index in [0.717, 1.165) is 0 Å². The first-order chi connectivity index (χ1) is 9.13. The number of hydrogen-bond acceptors (Lipinski definition) is 3. The van der Waals surface area contributed by atoms with Crippen molar-refractivity contribution in [3.05, 3.63) is 67.9 Å². The van der Waals surface area contributed by atoms with Crippen LogP contribution in [0.3, 0.4) is 0 Å². The summed E-state index contributed by atoms with van der Waals surface area (Å²) in [6.07, 6.45) is 4.55. The van der Waals surface area contributed by atoms with Gasteiger partial charge < -0.3 is 0 Å². The van der Waals surface area contributed by atoms with Gasteiger partial charge in [0.25, 0.3) is 16.7 Å². The summed E-state index contributed by atoms with van der Waals surface area (Å²) in [5.41, 5.74) is -0.850. The van der Waals surface area contributed by atoms with E-state index < -0.39 is 7.12 Å².